The predicted molar refractivity (Wildman–Crippen MR) is 87.3 cm³/mol. The number of nitrogens with zero attached hydrogens (tertiary/aromatic N) is 1. The third kappa shape index (κ3) is 5.59. The molecule has 1 amide bonds. The van der Waals surface area contributed by atoms with Crippen LogP contribution in [0.1, 0.15) is 58.8 Å². The average molecular weight is 295 g/mol. The van der Waals surface area contributed by atoms with Crippen molar-refractivity contribution in [1.29, 1.82) is 0 Å². The molecular weight excluding hydrogens is 262 g/mol. The second-order valence-corrected chi connectivity index (χ2v) is 6.92. The van der Waals surface area contributed by atoms with Crippen LogP contribution in [-0.4, -0.2) is 49.1 Å². The molecule has 2 unspecified atom stereocenters. The number of carbonyl (C=O) groups is 1. The molecule has 122 valence electrons. The molecule has 0 aromatic carbocycles. The van der Waals surface area contributed by atoms with Gasteiger partial charge in [0.25, 0.3) is 0 Å². The third-order valence-corrected chi connectivity index (χ3v) is 5.04. The first-order valence-corrected chi connectivity index (χ1v) is 8.94. The summed E-state index contributed by atoms with van der Waals surface area (Å²) in [5.74, 6) is 0.861. The standard InChI is InChI=1S/C17H33N3O/c1-3-18-16-10-11-20(12-14(16)2)13-17(21)19-15-8-6-4-5-7-9-15/h14-16,18H,3-13H2,1-2H3,(H,19,21). The van der Waals surface area contributed by atoms with E-state index in [1.54, 1.807) is 0 Å². The number of nitrogens with one attached hydrogen (secondary N) is 2. The highest BCUT2D eigenvalue weighted by atomic mass is 16.2. The zero-order valence-corrected chi connectivity index (χ0v) is 13.9. The zero-order chi connectivity index (χ0) is 15.1. The molecule has 0 aromatic rings. The predicted octanol–water partition coefficient (Wildman–Crippen LogP) is 2.15. The molecule has 21 heavy (non-hydrogen) atoms. The molecule has 2 fully saturated rings. The Morgan fingerprint density at radius 2 is 1.86 bits per heavy atom. The van der Waals surface area contributed by atoms with Crippen LogP contribution in [-0.2, 0) is 4.79 Å². The molecule has 2 aliphatic rings. The van der Waals surface area contributed by atoms with E-state index in [2.05, 4.69) is 29.4 Å². The molecule has 0 aromatic heterocycles. The number of carbonyl (C=O) groups excluding carboxylic acids is 1. The summed E-state index contributed by atoms with van der Waals surface area (Å²) in [5.41, 5.74) is 0. The molecule has 4 nitrogen and oxygen atoms in total. The van der Waals surface area contributed by atoms with Crippen LogP contribution >= 0.6 is 0 Å². The van der Waals surface area contributed by atoms with Crippen LogP contribution in [0.25, 0.3) is 0 Å². The molecule has 0 radical (unpaired) electrons. The van der Waals surface area contributed by atoms with Gasteiger partial charge < -0.3 is 10.6 Å². The Hall–Kier alpha value is -0.610. The van der Waals surface area contributed by atoms with E-state index >= 15 is 0 Å². The summed E-state index contributed by atoms with van der Waals surface area (Å²) in [4.78, 5) is 14.6. The average Bonchev–Trinajstić information content (AvgIpc) is 2.70. The quantitative estimate of drug-likeness (QED) is 0.764. The molecular formula is C17H33N3O. The highest BCUT2D eigenvalue weighted by Gasteiger charge is 2.26. The maximum atomic E-state index is 12.2. The van der Waals surface area contributed by atoms with Crippen LogP contribution in [0, 0.1) is 5.92 Å². The fraction of sp³-hybridized carbons (Fsp3) is 0.941. The van der Waals surface area contributed by atoms with Gasteiger partial charge in [-0.15, -0.1) is 0 Å². The molecule has 1 aliphatic heterocycles. The second kappa shape index (κ2) is 8.74. The lowest BCUT2D eigenvalue weighted by Gasteiger charge is -2.37. The number of amides is 1. The molecule has 1 saturated heterocycles. The molecule has 2 rings (SSSR count). The lowest BCUT2D eigenvalue weighted by atomic mass is 9.94. The van der Waals surface area contributed by atoms with E-state index in [-0.39, 0.29) is 5.91 Å². The first-order valence-electron chi connectivity index (χ1n) is 8.94. The first-order chi connectivity index (χ1) is 10.2. The van der Waals surface area contributed by atoms with Gasteiger partial charge in [-0.3, -0.25) is 9.69 Å². The van der Waals surface area contributed by atoms with Gasteiger partial charge >= 0.3 is 0 Å². The van der Waals surface area contributed by atoms with Crippen LogP contribution in [0.3, 0.4) is 0 Å². The highest BCUT2D eigenvalue weighted by molar-refractivity contribution is 5.78. The number of likely N-dealkylation sites (tertiary alicyclic amines) is 1. The topological polar surface area (TPSA) is 44.4 Å². The monoisotopic (exact) mass is 295 g/mol. The van der Waals surface area contributed by atoms with Gasteiger partial charge in [0.15, 0.2) is 0 Å². The molecule has 4 heteroatoms. The van der Waals surface area contributed by atoms with E-state index in [0.29, 0.717) is 24.5 Å². The minimum absolute atomic E-state index is 0.232. The Bertz CT molecular complexity index is 313. The maximum absolute atomic E-state index is 12.2. The number of piperidine rings is 1. The highest BCUT2D eigenvalue weighted by Crippen LogP contribution is 2.18. The van der Waals surface area contributed by atoms with Crippen molar-refractivity contribution in [3.05, 3.63) is 0 Å². The normalized spacial score (nSPS) is 29.0. The minimum atomic E-state index is 0.232. The van der Waals surface area contributed by atoms with E-state index in [4.69, 9.17) is 0 Å². The molecule has 0 spiro atoms. The fourth-order valence-electron chi connectivity index (χ4n) is 3.84. The Balaban J connectivity index is 1.70. The lowest BCUT2D eigenvalue weighted by Crippen LogP contribution is -2.51. The third-order valence-electron chi connectivity index (χ3n) is 5.04. The second-order valence-electron chi connectivity index (χ2n) is 6.92. The van der Waals surface area contributed by atoms with E-state index in [0.717, 1.165) is 26.1 Å². The molecule has 2 N–H and O–H groups in total. The maximum Gasteiger partial charge on any atom is 0.234 e. The van der Waals surface area contributed by atoms with Crippen LogP contribution in [0.15, 0.2) is 0 Å². The van der Waals surface area contributed by atoms with Gasteiger partial charge in [-0.1, -0.05) is 39.5 Å². The molecule has 2 atom stereocenters. The van der Waals surface area contributed by atoms with Gasteiger partial charge in [0.05, 0.1) is 6.54 Å². The molecule has 1 saturated carbocycles. The lowest BCUT2D eigenvalue weighted by molar-refractivity contribution is -0.123. The summed E-state index contributed by atoms with van der Waals surface area (Å²) < 4.78 is 0. The first kappa shape index (κ1) is 16.8. The summed E-state index contributed by atoms with van der Waals surface area (Å²) in [6.07, 6.45) is 8.72. The van der Waals surface area contributed by atoms with Crippen molar-refractivity contribution in [2.24, 2.45) is 5.92 Å². The van der Waals surface area contributed by atoms with E-state index < -0.39 is 0 Å². The van der Waals surface area contributed by atoms with Gasteiger partial charge in [-0.05, 0) is 31.7 Å². The SMILES string of the molecule is CCNC1CCN(CC(=O)NC2CCCCCC2)CC1C. The van der Waals surface area contributed by atoms with Crippen LogP contribution in [0.2, 0.25) is 0 Å². The van der Waals surface area contributed by atoms with Crippen molar-refractivity contribution in [2.75, 3.05) is 26.2 Å². The smallest absolute Gasteiger partial charge is 0.234 e. The van der Waals surface area contributed by atoms with Crippen molar-refractivity contribution < 1.29 is 4.79 Å². The Labute approximate surface area is 130 Å². The van der Waals surface area contributed by atoms with Crippen molar-refractivity contribution in [1.82, 2.24) is 15.5 Å². The van der Waals surface area contributed by atoms with Gasteiger partial charge in [0.1, 0.15) is 0 Å². The summed E-state index contributed by atoms with van der Waals surface area (Å²) in [6.45, 7) is 8.16. The summed E-state index contributed by atoms with van der Waals surface area (Å²) in [7, 11) is 0. The largest absolute Gasteiger partial charge is 0.352 e. The zero-order valence-electron chi connectivity index (χ0n) is 13.9. The van der Waals surface area contributed by atoms with Crippen LogP contribution in [0.4, 0.5) is 0 Å². The molecule has 0 bridgehead atoms. The van der Waals surface area contributed by atoms with Gasteiger partial charge in [0.2, 0.25) is 5.91 Å². The summed E-state index contributed by atoms with van der Waals surface area (Å²) in [5, 5.41) is 6.81. The minimum Gasteiger partial charge on any atom is -0.352 e. The van der Waals surface area contributed by atoms with Crippen LogP contribution in [0.5, 0.6) is 0 Å². The number of rotatable bonds is 5. The molecule has 1 heterocycles. The van der Waals surface area contributed by atoms with Gasteiger partial charge in [0, 0.05) is 25.2 Å². The van der Waals surface area contributed by atoms with E-state index in [1.807, 2.05) is 0 Å². The number of hydrogen-bond donors (Lipinski definition) is 2. The van der Waals surface area contributed by atoms with Crippen LogP contribution < -0.4 is 10.6 Å². The Morgan fingerprint density at radius 1 is 1.14 bits per heavy atom. The van der Waals surface area contributed by atoms with Gasteiger partial charge in [-0.25, -0.2) is 0 Å². The van der Waals surface area contributed by atoms with E-state index in [9.17, 15) is 4.79 Å². The summed E-state index contributed by atoms with van der Waals surface area (Å²) in [6, 6.07) is 1.05. The Morgan fingerprint density at radius 3 is 2.48 bits per heavy atom. The van der Waals surface area contributed by atoms with Crippen molar-refractivity contribution in [3.63, 3.8) is 0 Å². The van der Waals surface area contributed by atoms with Crippen molar-refractivity contribution in [3.8, 4) is 0 Å². The van der Waals surface area contributed by atoms with E-state index in [1.165, 1.54) is 38.5 Å². The fourth-order valence-corrected chi connectivity index (χ4v) is 3.84. The van der Waals surface area contributed by atoms with Crippen molar-refractivity contribution >= 4 is 5.91 Å². The Kier molecular flexibility index (Phi) is 6.97. The summed E-state index contributed by atoms with van der Waals surface area (Å²) >= 11 is 0. The van der Waals surface area contributed by atoms with Crippen molar-refractivity contribution in [2.45, 2.75) is 70.9 Å². The number of hydrogen-bond acceptors (Lipinski definition) is 3. The van der Waals surface area contributed by atoms with Gasteiger partial charge in [-0.2, -0.15) is 0 Å². The molecule has 1 aliphatic carbocycles.